The van der Waals surface area contributed by atoms with Crippen LogP contribution >= 0.6 is 11.3 Å². The van der Waals surface area contributed by atoms with Crippen LogP contribution in [-0.4, -0.2) is 74.2 Å². The third-order valence-electron chi connectivity index (χ3n) is 8.11. The number of nitrogens with zero attached hydrogens (tertiary/aromatic N) is 6. The molecule has 0 radical (unpaired) electrons. The standard InChI is InChI=1S/C28H30N8O2S/c1-15-9-23(34-27(30-15)36-14-16-10-17(36)13-35(16)7-8-37)33-22-11-20-21(12-29-22)39-25(31-20)18-5-4-6-19-24(18)28(2,3)26(38)32-19/h4-6,9,11-12,16-17,37H,7-8,10,13-14H2,1-3H3,(H,32,38)(H,29,30,33,34)/t16-,17-/m0/s1. The van der Waals surface area contributed by atoms with E-state index in [1.807, 2.05) is 57.3 Å². The first kappa shape index (κ1) is 24.4. The molecule has 0 spiro atoms. The lowest BCUT2D eigenvalue weighted by Crippen LogP contribution is -2.47. The van der Waals surface area contributed by atoms with Gasteiger partial charge in [-0.1, -0.05) is 12.1 Å². The van der Waals surface area contributed by atoms with E-state index in [4.69, 9.17) is 15.0 Å². The number of carbonyl (C=O) groups is 1. The van der Waals surface area contributed by atoms with Crippen molar-refractivity contribution < 1.29 is 9.90 Å². The van der Waals surface area contributed by atoms with Crippen molar-refractivity contribution in [2.24, 2.45) is 0 Å². The van der Waals surface area contributed by atoms with E-state index in [9.17, 15) is 9.90 Å². The molecule has 4 aromatic rings. The molecule has 0 aliphatic carbocycles. The number of pyridine rings is 1. The van der Waals surface area contributed by atoms with E-state index in [1.165, 1.54) is 0 Å². The van der Waals surface area contributed by atoms with E-state index in [-0.39, 0.29) is 12.5 Å². The van der Waals surface area contributed by atoms with Gasteiger partial charge in [-0.2, -0.15) is 4.98 Å². The molecule has 1 amide bonds. The average molecular weight is 543 g/mol. The monoisotopic (exact) mass is 542 g/mol. The van der Waals surface area contributed by atoms with E-state index < -0.39 is 5.41 Å². The van der Waals surface area contributed by atoms with Crippen molar-refractivity contribution in [3.8, 4) is 10.6 Å². The summed E-state index contributed by atoms with van der Waals surface area (Å²) in [5.41, 5.74) is 3.91. The lowest BCUT2D eigenvalue weighted by molar-refractivity contribution is -0.119. The van der Waals surface area contributed by atoms with Crippen molar-refractivity contribution in [2.45, 2.75) is 44.7 Å². The second kappa shape index (κ2) is 8.94. The molecular formula is C28H30N8O2S. The lowest BCUT2D eigenvalue weighted by Gasteiger charge is -2.34. The molecule has 6 heterocycles. The normalized spacial score (nSPS) is 21.5. The van der Waals surface area contributed by atoms with Crippen LogP contribution in [0.4, 0.5) is 23.3 Å². The van der Waals surface area contributed by atoms with Crippen molar-refractivity contribution in [3.63, 3.8) is 0 Å². The quantitative estimate of drug-likeness (QED) is 0.335. The topological polar surface area (TPSA) is 119 Å². The summed E-state index contributed by atoms with van der Waals surface area (Å²) in [4.78, 5) is 36.3. The molecule has 3 aliphatic heterocycles. The van der Waals surface area contributed by atoms with Gasteiger partial charge in [0.05, 0.1) is 22.2 Å². The number of likely N-dealkylation sites (tertiary alicyclic amines) is 1. The Morgan fingerprint density at radius 3 is 2.82 bits per heavy atom. The summed E-state index contributed by atoms with van der Waals surface area (Å²) in [5.74, 6) is 2.09. The Kier molecular flexibility index (Phi) is 5.58. The molecule has 10 nitrogen and oxygen atoms in total. The molecule has 39 heavy (non-hydrogen) atoms. The van der Waals surface area contributed by atoms with E-state index >= 15 is 0 Å². The van der Waals surface area contributed by atoms with Crippen molar-refractivity contribution >= 4 is 50.7 Å². The molecule has 0 saturated carbocycles. The van der Waals surface area contributed by atoms with Crippen LogP contribution in [0.3, 0.4) is 0 Å². The zero-order chi connectivity index (χ0) is 26.9. The second-order valence-corrected chi connectivity index (χ2v) is 12.1. The Hall–Kier alpha value is -3.67. The molecule has 200 valence electrons. The molecule has 2 bridgehead atoms. The average Bonchev–Trinajstić information content (AvgIpc) is 3.66. The number of anilines is 4. The summed E-state index contributed by atoms with van der Waals surface area (Å²) in [7, 11) is 0. The zero-order valence-corrected chi connectivity index (χ0v) is 22.9. The van der Waals surface area contributed by atoms with Gasteiger partial charge in [0.15, 0.2) is 0 Å². The van der Waals surface area contributed by atoms with Crippen LogP contribution in [0.25, 0.3) is 20.8 Å². The second-order valence-electron chi connectivity index (χ2n) is 11.1. The van der Waals surface area contributed by atoms with Crippen LogP contribution in [0.1, 0.15) is 31.5 Å². The number of nitrogens with one attached hydrogen (secondary N) is 2. The predicted octanol–water partition coefficient (Wildman–Crippen LogP) is 3.69. The molecule has 3 aromatic heterocycles. The zero-order valence-electron chi connectivity index (χ0n) is 22.1. The third-order valence-corrected chi connectivity index (χ3v) is 9.15. The fraction of sp³-hybridized carbons (Fsp3) is 0.393. The highest BCUT2D eigenvalue weighted by atomic mass is 32.1. The first-order chi connectivity index (χ1) is 18.8. The Balaban J connectivity index is 1.15. The van der Waals surface area contributed by atoms with E-state index in [0.717, 1.165) is 69.7 Å². The molecule has 3 N–H and O–H groups in total. The number of amides is 1. The fourth-order valence-corrected chi connectivity index (χ4v) is 7.14. The molecular weight excluding hydrogens is 512 g/mol. The number of benzene rings is 1. The summed E-state index contributed by atoms with van der Waals surface area (Å²) in [5, 5.41) is 16.6. The van der Waals surface area contributed by atoms with Gasteiger partial charge in [-0.05, 0) is 33.3 Å². The van der Waals surface area contributed by atoms with Gasteiger partial charge >= 0.3 is 0 Å². The largest absolute Gasteiger partial charge is 0.395 e. The van der Waals surface area contributed by atoms with Crippen molar-refractivity contribution in [3.05, 3.63) is 47.8 Å². The van der Waals surface area contributed by atoms with E-state index in [0.29, 0.717) is 23.7 Å². The maximum atomic E-state index is 12.6. The number of rotatable bonds is 6. The van der Waals surface area contributed by atoms with Gasteiger partial charge in [0, 0.05) is 72.6 Å². The van der Waals surface area contributed by atoms with Crippen molar-refractivity contribution in [1.29, 1.82) is 0 Å². The van der Waals surface area contributed by atoms with Crippen LogP contribution < -0.4 is 15.5 Å². The predicted molar refractivity (Wildman–Crippen MR) is 153 cm³/mol. The van der Waals surface area contributed by atoms with Crippen LogP contribution in [0.15, 0.2) is 36.5 Å². The number of aryl methyl sites for hydroxylation is 1. The molecule has 3 aliphatic rings. The number of piperazine rings is 1. The van der Waals surface area contributed by atoms with Gasteiger partial charge in [-0.3, -0.25) is 9.69 Å². The number of hydrogen-bond acceptors (Lipinski definition) is 10. The van der Waals surface area contributed by atoms with Gasteiger partial charge in [-0.25, -0.2) is 15.0 Å². The van der Waals surface area contributed by atoms with Crippen LogP contribution in [0.5, 0.6) is 0 Å². The van der Waals surface area contributed by atoms with Crippen LogP contribution in [-0.2, 0) is 10.2 Å². The first-order valence-electron chi connectivity index (χ1n) is 13.3. The smallest absolute Gasteiger partial charge is 0.234 e. The summed E-state index contributed by atoms with van der Waals surface area (Å²) < 4.78 is 0.975. The van der Waals surface area contributed by atoms with Gasteiger partial charge in [0.1, 0.15) is 16.6 Å². The number of carbonyl (C=O) groups excluding carboxylic acids is 1. The minimum absolute atomic E-state index is 0.00275. The highest BCUT2D eigenvalue weighted by Crippen LogP contribution is 2.45. The molecule has 2 fully saturated rings. The number of aliphatic hydroxyl groups excluding tert-OH is 1. The van der Waals surface area contributed by atoms with E-state index in [2.05, 4.69) is 25.4 Å². The Morgan fingerprint density at radius 1 is 1.15 bits per heavy atom. The summed E-state index contributed by atoms with van der Waals surface area (Å²) in [6, 6.07) is 10.6. The van der Waals surface area contributed by atoms with Gasteiger partial charge in [-0.15, -0.1) is 11.3 Å². The molecule has 2 saturated heterocycles. The SMILES string of the molecule is Cc1cc(Nc2cc3nc(-c4cccc5c4C(C)(C)C(=O)N5)sc3cn2)nc(N2C[C@@H]3C[C@H]2CN3CCO)n1. The number of fused-ring (bicyclic) bond motifs is 4. The summed E-state index contributed by atoms with van der Waals surface area (Å²) in [6.07, 6.45) is 2.91. The Morgan fingerprint density at radius 2 is 2.03 bits per heavy atom. The van der Waals surface area contributed by atoms with Gasteiger partial charge in [0.2, 0.25) is 11.9 Å². The Bertz CT molecular complexity index is 1620. The number of aromatic nitrogens is 4. The number of hydrogen-bond donors (Lipinski definition) is 3. The minimum atomic E-state index is -0.622. The number of thiazole rings is 1. The Labute approximate surface area is 230 Å². The highest BCUT2D eigenvalue weighted by Gasteiger charge is 2.44. The number of aliphatic hydroxyl groups is 1. The molecule has 2 atom stereocenters. The molecule has 0 unspecified atom stereocenters. The fourth-order valence-electron chi connectivity index (χ4n) is 6.19. The maximum Gasteiger partial charge on any atom is 0.234 e. The van der Waals surface area contributed by atoms with Crippen LogP contribution in [0.2, 0.25) is 0 Å². The minimum Gasteiger partial charge on any atom is -0.395 e. The highest BCUT2D eigenvalue weighted by molar-refractivity contribution is 7.21. The van der Waals surface area contributed by atoms with Gasteiger partial charge < -0.3 is 20.6 Å². The first-order valence-corrected chi connectivity index (χ1v) is 14.1. The third kappa shape index (κ3) is 4.03. The summed E-state index contributed by atoms with van der Waals surface area (Å²) >= 11 is 1.57. The van der Waals surface area contributed by atoms with Crippen molar-refractivity contribution in [1.82, 2.24) is 24.8 Å². The molecule has 1 aromatic carbocycles. The molecule has 11 heteroatoms. The van der Waals surface area contributed by atoms with Gasteiger partial charge in [0.25, 0.3) is 0 Å². The number of β-amino-alcohol motifs (C(OH)–C–C–N with tert-alkyl or cyclic N) is 1. The molecule has 7 rings (SSSR count). The van der Waals surface area contributed by atoms with Crippen molar-refractivity contribution in [2.75, 3.05) is 41.8 Å². The maximum absolute atomic E-state index is 12.6. The lowest BCUT2D eigenvalue weighted by atomic mass is 9.83. The van der Waals surface area contributed by atoms with Crippen LogP contribution in [0, 0.1) is 6.92 Å². The summed E-state index contributed by atoms with van der Waals surface area (Å²) in [6.45, 7) is 8.60. The van der Waals surface area contributed by atoms with E-state index in [1.54, 1.807) is 11.3 Å².